The number of rotatable bonds is 6. The Morgan fingerprint density at radius 3 is 2.90 bits per heavy atom. The number of hydrogen-bond acceptors (Lipinski definition) is 4. The number of ether oxygens (including phenoxy) is 1. The maximum absolute atomic E-state index is 12.6. The number of hydrogen-bond donors (Lipinski definition) is 1. The molecule has 0 aliphatic rings. The van der Waals surface area contributed by atoms with Crippen LogP contribution in [-0.2, 0) is 7.05 Å². The number of anilines is 1. The predicted octanol–water partition coefficient (Wildman–Crippen LogP) is 1.42. The smallest absolute Gasteiger partial charge is 0.278 e. The van der Waals surface area contributed by atoms with Gasteiger partial charge in [0.15, 0.2) is 0 Å². The quantitative estimate of drug-likeness (QED) is 0.872. The number of aromatic nitrogens is 2. The summed E-state index contributed by atoms with van der Waals surface area (Å²) in [6, 6.07) is 7.41. The molecule has 21 heavy (non-hydrogen) atoms. The molecule has 0 aliphatic heterocycles. The van der Waals surface area contributed by atoms with Crippen molar-refractivity contribution in [2.45, 2.75) is 6.42 Å². The highest BCUT2D eigenvalue weighted by atomic mass is 16.5. The second kappa shape index (κ2) is 6.90. The number of benzene rings is 1. The normalized spacial score (nSPS) is 10.4. The van der Waals surface area contributed by atoms with Crippen LogP contribution < -0.4 is 15.4 Å². The molecule has 2 N–H and O–H groups in total. The third-order valence-electron chi connectivity index (χ3n) is 3.12. The Kier molecular flexibility index (Phi) is 4.94. The summed E-state index contributed by atoms with van der Waals surface area (Å²) < 4.78 is 6.97. The van der Waals surface area contributed by atoms with Crippen molar-refractivity contribution in [3.63, 3.8) is 0 Å². The number of nitrogens with two attached hydrogens (primary N) is 1. The van der Waals surface area contributed by atoms with Crippen LogP contribution in [0.2, 0.25) is 0 Å². The molecule has 0 bridgehead atoms. The van der Waals surface area contributed by atoms with Gasteiger partial charge in [-0.15, -0.1) is 0 Å². The van der Waals surface area contributed by atoms with Crippen molar-refractivity contribution in [3.8, 4) is 5.75 Å². The number of imidazole rings is 1. The maximum atomic E-state index is 12.6. The Balaban J connectivity index is 2.30. The topological polar surface area (TPSA) is 73.4 Å². The van der Waals surface area contributed by atoms with Gasteiger partial charge in [0.1, 0.15) is 11.4 Å². The van der Waals surface area contributed by atoms with Gasteiger partial charge in [0.2, 0.25) is 0 Å². The third-order valence-corrected chi connectivity index (χ3v) is 3.12. The van der Waals surface area contributed by atoms with E-state index in [1.165, 1.54) is 0 Å². The molecule has 0 saturated heterocycles. The van der Waals surface area contributed by atoms with Gasteiger partial charge in [-0.05, 0) is 25.1 Å². The predicted molar refractivity (Wildman–Crippen MR) is 81.5 cm³/mol. The van der Waals surface area contributed by atoms with Crippen LogP contribution in [0.1, 0.15) is 16.9 Å². The van der Waals surface area contributed by atoms with E-state index in [1.807, 2.05) is 31.3 Å². The molecular weight excluding hydrogens is 268 g/mol. The fourth-order valence-electron chi connectivity index (χ4n) is 2.04. The lowest BCUT2D eigenvalue weighted by Gasteiger charge is -2.22. The van der Waals surface area contributed by atoms with Crippen molar-refractivity contribution in [2.24, 2.45) is 12.8 Å². The summed E-state index contributed by atoms with van der Waals surface area (Å²) in [5, 5.41) is 0. The molecule has 1 aromatic heterocycles. The molecule has 2 aromatic rings. The Bertz CT molecular complexity index is 609. The van der Waals surface area contributed by atoms with Crippen LogP contribution in [0, 0.1) is 0 Å². The van der Waals surface area contributed by atoms with Crippen LogP contribution in [0.25, 0.3) is 0 Å². The van der Waals surface area contributed by atoms with Gasteiger partial charge in [-0.1, -0.05) is 6.07 Å². The van der Waals surface area contributed by atoms with Gasteiger partial charge >= 0.3 is 0 Å². The van der Waals surface area contributed by atoms with E-state index in [0.717, 1.165) is 12.1 Å². The zero-order chi connectivity index (χ0) is 15.2. The van der Waals surface area contributed by atoms with E-state index in [1.54, 1.807) is 29.1 Å². The van der Waals surface area contributed by atoms with Crippen LogP contribution >= 0.6 is 0 Å². The van der Waals surface area contributed by atoms with Gasteiger partial charge in [-0.3, -0.25) is 4.79 Å². The number of aryl methyl sites for hydroxylation is 1. The van der Waals surface area contributed by atoms with E-state index in [4.69, 9.17) is 10.5 Å². The van der Waals surface area contributed by atoms with Crippen LogP contribution in [0.3, 0.4) is 0 Å². The fraction of sp³-hybridized carbons (Fsp3) is 0.333. The fourth-order valence-corrected chi connectivity index (χ4v) is 2.04. The molecule has 0 aliphatic carbocycles. The Morgan fingerprint density at radius 2 is 2.29 bits per heavy atom. The van der Waals surface area contributed by atoms with Gasteiger partial charge in [-0.25, -0.2) is 4.98 Å². The summed E-state index contributed by atoms with van der Waals surface area (Å²) >= 11 is 0. The minimum Gasteiger partial charge on any atom is -0.497 e. The summed E-state index contributed by atoms with van der Waals surface area (Å²) in [6.07, 6.45) is 4.04. The molecule has 6 nitrogen and oxygen atoms in total. The molecule has 0 spiro atoms. The van der Waals surface area contributed by atoms with Gasteiger partial charge in [0.05, 0.1) is 13.4 Å². The number of methoxy groups -OCH3 is 1. The second-order valence-electron chi connectivity index (χ2n) is 4.72. The first-order valence-electron chi connectivity index (χ1n) is 6.79. The minimum absolute atomic E-state index is 0.141. The minimum atomic E-state index is -0.141. The molecule has 0 radical (unpaired) electrons. The number of amides is 1. The zero-order valence-corrected chi connectivity index (χ0v) is 12.3. The van der Waals surface area contributed by atoms with E-state index in [9.17, 15) is 4.79 Å². The van der Waals surface area contributed by atoms with E-state index >= 15 is 0 Å². The third kappa shape index (κ3) is 3.61. The van der Waals surface area contributed by atoms with E-state index in [0.29, 0.717) is 24.5 Å². The summed E-state index contributed by atoms with van der Waals surface area (Å²) in [5.41, 5.74) is 6.76. The Hall–Kier alpha value is -2.34. The van der Waals surface area contributed by atoms with Crippen molar-refractivity contribution in [1.82, 2.24) is 9.55 Å². The van der Waals surface area contributed by atoms with Crippen LogP contribution in [-0.4, -0.2) is 35.7 Å². The van der Waals surface area contributed by atoms with Crippen molar-refractivity contribution in [2.75, 3.05) is 25.1 Å². The average molecular weight is 288 g/mol. The van der Waals surface area contributed by atoms with Gasteiger partial charge in [-0.2, -0.15) is 0 Å². The first-order valence-corrected chi connectivity index (χ1v) is 6.79. The summed E-state index contributed by atoms with van der Waals surface area (Å²) in [5.74, 6) is 0.566. The lowest BCUT2D eigenvalue weighted by molar-refractivity contribution is 0.0982. The Labute approximate surface area is 124 Å². The SMILES string of the molecule is COc1cccc(N(CCCN)C(=O)c2cn(C)cn2)c1. The number of carbonyl (C=O) groups excluding carboxylic acids is 1. The zero-order valence-electron chi connectivity index (χ0n) is 12.3. The molecule has 1 aromatic carbocycles. The standard InChI is InChI=1S/C15H20N4O2/c1-18-10-14(17-11-18)15(20)19(8-4-7-16)12-5-3-6-13(9-12)21-2/h3,5-6,9-11H,4,7-8,16H2,1-2H3. The highest BCUT2D eigenvalue weighted by molar-refractivity contribution is 6.04. The number of nitrogens with zero attached hydrogens (tertiary/aromatic N) is 3. The van der Waals surface area contributed by atoms with Crippen molar-refractivity contribution < 1.29 is 9.53 Å². The van der Waals surface area contributed by atoms with Crippen molar-refractivity contribution in [1.29, 1.82) is 0 Å². The lowest BCUT2D eigenvalue weighted by Crippen LogP contribution is -2.33. The molecule has 1 heterocycles. The second-order valence-corrected chi connectivity index (χ2v) is 4.72. The average Bonchev–Trinajstić information content (AvgIpc) is 2.94. The summed E-state index contributed by atoms with van der Waals surface area (Å²) in [7, 11) is 3.43. The van der Waals surface area contributed by atoms with E-state index < -0.39 is 0 Å². The van der Waals surface area contributed by atoms with Gasteiger partial charge in [0.25, 0.3) is 5.91 Å². The van der Waals surface area contributed by atoms with Crippen LogP contribution in [0.4, 0.5) is 5.69 Å². The monoisotopic (exact) mass is 288 g/mol. The van der Waals surface area contributed by atoms with Gasteiger partial charge < -0.3 is 19.9 Å². The van der Waals surface area contributed by atoms with Crippen molar-refractivity contribution >= 4 is 11.6 Å². The van der Waals surface area contributed by atoms with Gasteiger partial charge in [0, 0.05) is 31.5 Å². The molecule has 1 amide bonds. The molecular formula is C15H20N4O2. The molecule has 0 unspecified atom stereocenters. The maximum Gasteiger partial charge on any atom is 0.278 e. The summed E-state index contributed by atoms with van der Waals surface area (Å²) in [4.78, 5) is 18.4. The molecule has 6 heteroatoms. The summed E-state index contributed by atoms with van der Waals surface area (Å²) in [6.45, 7) is 1.06. The first-order chi connectivity index (χ1) is 10.2. The number of carbonyl (C=O) groups is 1. The van der Waals surface area contributed by atoms with Crippen molar-refractivity contribution in [3.05, 3.63) is 42.5 Å². The lowest BCUT2D eigenvalue weighted by atomic mass is 10.2. The highest BCUT2D eigenvalue weighted by Crippen LogP contribution is 2.22. The van der Waals surface area contributed by atoms with E-state index in [-0.39, 0.29) is 5.91 Å². The molecule has 0 fully saturated rings. The Morgan fingerprint density at radius 1 is 1.48 bits per heavy atom. The largest absolute Gasteiger partial charge is 0.497 e. The van der Waals surface area contributed by atoms with Crippen LogP contribution in [0.5, 0.6) is 5.75 Å². The molecule has 2 rings (SSSR count). The van der Waals surface area contributed by atoms with Crippen LogP contribution in [0.15, 0.2) is 36.8 Å². The van der Waals surface area contributed by atoms with E-state index in [2.05, 4.69) is 4.98 Å². The highest BCUT2D eigenvalue weighted by Gasteiger charge is 2.19. The molecule has 112 valence electrons. The molecule has 0 saturated carbocycles. The first kappa shape index (κ1) is 15.1. The molecule has 0 atom stereocenters.